The summed E-state index contributed by atoms with van der Waals surface area (Å²) >= 11 is 0. The van der Waals surface area contributed by atoms with E-state index in [1.807, 2.05) is 7.05 Å². The molecule has 0 spiro atoms. The molecule has 0 bridgehead atoms. The van der Waals surface area contributed by atoms with Gasteiger partial charge in [0.05, 0.1) is 6.10 Å². The zero-order valence-corrected chi connectivity index (χ0v) is 9.20. The molecule has 0 aromatic heterocycles. The Balaban J connectivity index is 2.16. The lowest BCUT2D eigenvalue weighted by molar-refractivity contribution is -0.120. The Morgan fingerprint density at radius 1 is 1.64 bits per heavy atom. The lowest BCUT2D eigenvalue weighted by Gasteiger charge is -2.19. The fourth-order valence-corrected chi connectivity index (χ4v) is 2.11. The SMILES string of the molecule is CC(O)CN(C)CCC1CCCC1=O. The van der Waals surface area contributed by atoms with Gasteiger partial charge in [0.25, 0.3) is 0 Å². The number of carbonyl (C=O) groups is 1. The highest BCUT2D eigenvalue weighted by Gasteiger charge is 2.24. The Labute approximate surface area is 86.1 Å². The number of nitrogens with zero attached hydrogens (tertiary/aromatic N) is 1. The molecule has 2 unspecified atom stereocenters. The Hall–Kier alpha value is -0.410. The monoisotopic (exact) mass is 199 g/mol. The molecule has 0 aromatic rings. The molecule has 1 aliphatic rings. The molecule has 1 rings (SSSR count). The molecular weight excluding hydrogens is 178 g/mol. The highest BCUT2D eigenvalue weighted by Crippen LogP contribution is 2.24. The maximum atomic E-state index is 11.3. The number of Topliss-reactive ketones (excluding diaryl/α,β-unsaturated/α-hetero) is 1. The second-order valence-corrected chi connectivity index (χ2v) is 4.46. The number of aliphatic hydroxyl groups excluding tert-OH is 1. The van der Waals surface area contributed by atoms with Gasteiger partial charge < -0.3 is 10.0 Å². The zero-order valence-electron chi connectivity index (χ0n) is 9.20. The number of hydrogen-bond donors (Lipinski definition) is 1. The summed E-state index contributed by atoms with van der Waals surface area (Å²) in [7, 11) is 1.99. The van der Waals surface area contributed by atoms with E-state index in [9.17, 15) is 4.79 Å². The molecule has 1 saturated carbocycles. The van der Waals surface area contributed by atoms with E-state index in [-0.39, 0.29) is 6.10 Å². The second-order valence-electron chi connectivity index (χ2n) is 4.46. The van der Waals surface area contributed by atoms with Crippen LogP contribution in [0, 0.1) is 5.92 Å². The lowest BCUT2D eigenvalue weighted by Crippen LogP contribution is -2.29. The van der Waals surface area contributed by atoms with Crippen molar-refractivity contribution in [3.63, 3.8) is 0 Å². The Kier molecular flexibility index (Phi) is 4.55. The van der Waals surface area contributed by atoms with E-state index in [4.69, 9.17) is 5.11 Å². The van der Waals surface area contributed by atoms with Gasteiger partial charge in [-0.2, -0.15) is 0 Å². The van der Waals surface area contributed by atoms with Gasteiger partial charge in [-0.3, -0.25) is 4.79 Å². The van der Waals surface area contributed by atoms with Crippen molar-refractivity contribution >= 4 is 5.78 Å². The highest BCUT2D eigenvalue weighted by atomic mass is 16.3. The van der Waals surface area contributed by atoms with E-state index in [0.717, 1.165) is 32.2 Å². The van der Waals surface area contributed by atoms with Gasteiger partial charge in [0, 0.05) is 18.9 Å². The number of ketones is 1. The fourth-order valence-electron chi connectivity index (χ4n) is 2.11. The minimum Gasteiger partial charge on any atom is -0.392 e. The van der Waals surface area contributed by atoms with Crippen LogP contribution in [0.1, 0.15) is 32.6 Å². The molecule has 0 aliphatic heterocycles. The molecule has 1 N–H and O–H groups in total. The van der Waals surface area contributed by atoms with E-state index >= 15 is 0 Å². The summed E-state index contributed by atoms with van der Waals surface area (Å²) in [5, 5.41) is 9.16. The van der Waals surface area contributed by atoms with Crippen LogP contribution in [0.4, 0.5) is 0 Å². The van der Waals surface area contributed by atoms with E-state index in [1.54, 1.807) is 6.92 Å². The van der Waals surface area contributed by atoms with Crippen LogP contribution in [-0.2, 0) is 4.79 Å². The van der Waals surface area contributed by atoms with Crippen molar-refractivity contribution in [2.45, 2.75) is 38.7 Å². The molecule has 0 aromatic carbocycles. The molecule has 3 heteroatoms. The van der Waals surface area contributed by atoms with E-state index < -0.39 is 0 Å². The molecule has 1 aliphatic carbocycles. The van der Waals surface area contributed by atoms with Crippen molar-refractivity contribution in [3.8, 4) is 0 Å². The molecule has 0 radical (unpaired) electrons. The van der Waals surface area contributed by atoms with E-state index in [0.29, 0.717) is 18.2 Å². The molecule has 0 amide bonds. The normalized spacial score (nSPS) is 24.6. The van der Waals surface area contributed by atoms with Crippen molar-refractivity contribution in [2.75, 3.05) is 20.1 Å². The minimum absolute atomic E-state index is 0.278. The van der Waals surface area contributed by atoms with E-state index in [2.05, 4.69) is 4.90 Å². The summed E-state index contributed by atoms with van der Waals surface area (Å²) < 4.78 is 0. The average Bonchev–Trinajstić information content (AvgIpc) is 2.46. The second kappa shape index (κ2) is 5.47. The first-order valence-corrected chi connectivity index (χ1v) is 5.49. The highest BCUT2D eigenvalue weighted by molar-refractivity contribution is 5.82. The first-order valence-electron chi connectivity index (χ1n) is 5.49. The molecule has 82 valence electrons. The Morgan fingerprint density at radius 3 is 2.86 bits per heavy atom. The van der Waals surface area contributed by atoms with E-state index in [1.165, 1.54) is 0 Å². The van der Waals surface area contributed by atoms with Crippen molar-refractivity contribution in [3.05, 3.63) is 0 Å². The van der Waals surface area contributed by atoms with Gasteiger partial charge in [0.15, 0.2) is 0 Å². The van der Waals surface area contributed by atoms with Gasteiger partial charge in [-0.1, -0.05) is 0 Å². The Morgan fingerprint density at radius 2 is 2.36 bits per heavy atom. The van der Waals surface area contributed by atoms with Gasteiger partial charge in [0.2, 0.25) is 0 Å². The third-order valence-corrected chi connectivity index (χ3v) is 2.87. The standard InChI is InChI=1S/C11H21NO2/c1-9(13)8-12(2)7-6-10-4-3-5-11(10)14/h9-10,13H,3-8H2,1-2H3. The first kappa shape index (κ1) is 11.7. The zero-order chi connectivity index (χ0) is 10.6. The number of likely N-dealkylation sites (N-methyl/N-ethyl adjacent to an activating group) is 1. The van der Waals surface area contributed by atoms with Gasteiger partial charge >= 0.3 is 0 Å². The smallest absolute Gasteiger partial charge is 0.136 e. The van der Waals surface area contributed by atoms with Crippen LogP contribution in [0.15, 0.2) is 0 Å². The topological polar surface area (TPSA) is 40.5 Å². The quantitative estimate of drug-likeness (QED) is 0.719. The molecule has 3 nitrogen and oxygen atoms in total. The van der Waals surface area contributed by atoms with Crippen molar-refractivity contribution in [2.24, 2.45) is 5.92 Å². The molecule has 0 saturated heterocycles. The van der Waals surface area contributed by atoms with Crippen LogP contribution in [0.2, 0.25) is 0 Å². The lowest BCUT2D eigenvalue weighted by atomic mass is 10.0. The molecular formula is C11H21NO2. The summed E-state index contributed by atoms with van der Waals surface area (Å²) in [6.07, 6.45) is 3.61. The molecule has 1 fully saturated rings. The third kappa shape index (κ3) is 3.76. The third-order valence-electron chi connectivity index (χ3n) is 2.87. The van der Waals surface area contributed by atoms with Crippen LogP contribution >= 0.6 is 0 Å². The predicted octanol–water partition coefficient (Wildman–Crippen LogP) is 1.06. The van der Waals surface area contributed by atoms with Gasteiger partial charge in [-0.05, 0) is 39.8 Å². The van der Waals surface area contributed by atoms with Gasteiger partial charge in [0.1, 0.15) is 5.78 Å². The summed E-state index contributed by atoms with van der Waals surface area (Å²) in [5.74, 6) is 0.738. The predicted molar refractivity (Wildman–Crippen MR) is 56.1 cm³/mol. The fraction of sp³-hybridized carbons (Fsp3) is 0.909. The van der Waals surface area contributed by atoms with Crippen LogP contribution in [0.5, 0.6) is 0 Å². The summed E-state index contributed by atoms with van der Waals surface area (Å²) in [4.78, 5) is 13.4. The number of aliphatic hydroxyl groups is 1. The van der Waals surface area contributed by atoms with Crippen molar-refractivity contribution in [1.82, 2.24) is 4.90 Å². The maximum Gasteiger partial charge on any atom is 0.136 e. The number of hydrogen-bond acceptors (Lipinski definition) is 3. The van der Waals surface area contributed by atoms with Crippen LogP contribution in [0.3, 0.4) is 0 Å². The maximum absolute atomic E-state index is 11.3. The Bertz CT molecular complexity index is 192. The molecule has 0 heterocycles. The van der Waals surface area contributed by atoms with Crippen LogP contribution in [-0.4, -0.2) is 42.0 Å². The largest absolute Gasteiger partial charge is 0.392 e. The minimum atomic E-state index is -0.278. The molecule has 14 heavy (non-hydrogen) atoms. The average molecular weight is 199 g/mol. The number of carbonyl (C=O) groups excluding carboxylic acids is 1. The van der Waals surface area contributed by atoms with Gasteiger partial charge in [-0.25, -0.2) is 0 Å². The molecule has 2 atom stereocenters. The van der Waals surface area contributed by atoms with Crippen molar-refractivity contribution < 1.29 is 9.90 Å². The van der Waals surface area contributed by atoms with Crippen LogP contribution < -0.4 is 0 Å². The van der Waals surface area contributed by atoms with Crippen molar-refractivity contribution in [1.29, 1.82) is 0 Å². The summed E-state index contributed by atoms with van der Waals surface area (Å²) in [6, 6.07) is 0. The number of rotatable bonds is 5. The van der Waals surface area contributed by atoms with Crippen LogP contribution in [0.25, 0.3) is 0 Å². The first-order chi connectivity index (χ1) is 6.59. The van der Waals surface area contributed by atoms with Gasteiger partial charge in [-0.15, -0.1) is 0 Å². The summed E-state index contributed by atoms with van der Waals surface area (Å²) in [5.41, 5.74) is 0. The summed E-state index contributed by atoms with van der Waals surface area (Å²) in [6.45, 7) is 3.40.